The average Bonchev–Trinajstić information content (AvgIpc) is 2.25. The van der Waals surface area contributed by atoms with E-state index in [-0.39, 0.29) is 24.4 Å². The fraction of sp³-hybridized carbons (Fsp3) is 0.300. The van der Waals surface area contributed by atoms with Crippen LogP contribution in [0.4, 0.5) is 5.69 Å². The van der Waals surface area contributed by atoms with Crippen LogP contribution in [0.3, 0.4) is 0 Å². The molecule has 0 saturated heterocycles. The molecule has 1 aromatic rings. The van der Waals surface area contributed by atoms with Crippen LogP contribution in [0.1, 0.15) is 15.9 Å². The van der Waals surface area contributed by atoms with Crippen molar-refractivity contribution in [1.29, 1.82) is 0 Å². The Morgan fingerprint density at radius 3 is 2.81 bits per heavy atom. The van der Waals surface area contributed by atoms with Crippen molar-refractivity contribution >= 4 is 11.6 Å². The molecule has 0 saturated carbocycles. The number of aliphatic hydroxyl groups is 1. The van der Waals surface area contributed by atoms with Crippen LogP contribution in [0.15, 0.2) is 18.2 Å². The summed E-state index contributed by atoms with van der Waals surface area (Å²) in [4.78, 5) is 21.6. The summed E-state index contributed by atoms with van der Waals surface area (Å²) >= 11 is 0. The van der Waals surface area contributed by atoms with Gasteiger partial charge in [0.05, 0.1) is 11.5 Å². The Labute approximate surface area is 92.0 Å². The van der Waals surface area contributed by atoms with Gasteiger partial charge in [0.15, 0.2) is 0 Å². The number of rotatable bonds is 4. The van der Waals surface area contributed by atoms with E-state index in [0.717, 1.165) is 5.56 Å². The van der Waals surface area contributed by atoms with Gasteiger partial charge < -0.3 is 10.4 Å². The fourth-order valence-corrected chi connectivity index (χ4v) is 1.26. The van der Waals surface area contributed by atoms with E-state index in [2.05, 4.69) is 5.32 Å². The third-order valence-corrected chi connectivity index (χ3v) is 1.99. The molecule has 0 atom stereocenters. The molecule has 0 aliphatic carbocycles. The van der Waals surface area contributed by atoms with Gasteiger partial charge >= 0.3 is 0 Å². The van der Waals surface area contributed by atoms with Crippen LogP contribution in [-0.4, -0.2) is 29.1 Å². The third-order valence-electron chi connectivity index (χ3n) is 1.99. The molecule has 6 heteroatoms. The maximum Gasteiger partial charge on any atom is 0.282 e. The lowest BCUT2D eigenvalue weighted by molar-refractivity contribution is -0.385. The van der Waals surface area contributed by atoms with Crippen molar-refractivity contribution in [3.63, 3.8) is 0 Å². The summed E-state index contributed by atoms with van der Waals surface area (Å²) in [6.07, 6.45) is 0. The Balaban J connectivity index is 3.04. The van der Waals surface area contributed by atoms with Crippen LogP contribution in [0.25, 0.3) is 0 Å². The molecule has 0 unspecified atom stereocenters. The number of carbonyl (C=O) groups excluding carboxylic acids is 1. The van der Waals surface area contributed by atoms with Crippen molar-refractivity contribution in [2.45, 2.75) is 6.92 Å². The van der Waals surface area contributed by atoms with Crippen LogP contribution in [0.5, 0.6) is 0 Å². The number of amides is 1. The molecule has 0 spiro atoms. The molecular formula is C10H12N2O4. The predicted molar refractivity (Wildman–Crippen MR) is 57.3 cm³/mol. The number of nitrogens with one attached hydrogen (secondary N) is 1. The van der Waals surface area contributed by atoms with Gasteiger partial charge in [0.2, 0.25) is 0 Å². The molecular weight excluding hydrogens is 212 g/mol. The van der Waals surface area contributed by atoms with E-state index in [1.807, 2.05) is 0 Å². The standard InChI is InChI=1S/C10H12N2O4/c1-7-2-3-9(12(15)16)8(6-7)10(14)11-4-5-13/h2-3,6,13H,4-5H2,1H3,(H,11,14). The van der Waals surface area contributed by atoms with Gasteiger partial charge in [-0.2, -0.15) is 0 Å². The zero-order chi connectivity index (χ0) is 12.1. The number of benzene rings is 1. The highest BCUT2D eigenvalue weighted by molar-refractivity contribution is 5.98. The van der Waals surface area contributed by atoms with Crippen molar-refractivity contribution in [2.75, 3.05) is 13.2 Å². The van der Waals surface area contributed by atoms with Crippen molar-refractivity contribution in [1.82, 2.24) is 5.32 Å². The second-order valence-corrected chi connectivity index (χ2v) is 3.26. The first-order valence-corrected chi connectivity index (χ1v) is 4.70. The molecule has 2 N–H and O–H groups in total. The molecule has 1 aromatic carbocycles. The Kier molecular flexibility index (Phi) is 3.96. The van der Waals surface area contributed by atoms with Crippen LogP contribution in [-0.2, 0) is 0 Å². The lowest BCUT2D eigenvalue weighted by atomic mass is 10.1. The molecule has 0 radical (unpaired) electrons. The minimum atomic E-state index is -0.604. The number of carbonyl (C=O) groups is 1. The largest absolute Gasteiger partial charge is 0.395 e. The monoisotopic (exact) mass is 224 g/mol. The van der Waals surface area contributed by atoms with Crippen LogP contribution in [0, 0.1) is 17.0 Å². The van der Waals surface area contributed by atoms with Crippen molar-refractivity contribution in [3.8, 4) is 0 Å². The fourth-order valence-electron chi connectivity index (χ4n) is 1.26. The topological polar surface area (TPSA) is 92.5 Å². The first-order chi connectivity index (χ1) is 7.56. The van der Waals surface area contributed by atoms with E-state index in [1.165, 1.54) is 12.1 Å². The van der Waals surface area contributed by atoms with Crippen molar-refractivity contribution < 1.29 is 14.8 Å². The zero-order valence-corrected chi connectivity index (χ0v) is 8.77. The van der Waals surface area contributed by atoms with Crippen molar-refractivity contribution in [2.24, 2.45) is 0 Å². The van der Waals surface area contributed by atoms with Gasteiger partial charge in [0.1, 0.15) is 5.56 Å². The number of nitro groups is 1. The van der Waals surface area contributed by atoms with E-state index in [0.29, 0.717) is 0 Å². The maximum atomic E-state index is 11.6. The second-order valence-electron chi connectivity index (χ2n) is 3.26. The van der Waals surface area contributed by atoms with E-state index in [9.17, 15) is 14.9 Å². The molecule has 86 valence electrons. The molecule has 1 rings (SSSR count). The molecule has 16 heavy (non-hydrogen) atoms. The van der Waals surface area contributed by atoms with Gasteiger partial charge in [-0.05, 0) is 18.6 Å². The van der Waals surface area contributed by atoms with Gasteiger partial charge in [-0.25, -0.2) is 0 Å². The van der Waals surface area contributed by atoms with Gasteiger partial charge in [-0.1, -0.05) is 6.07 Å². The molecule has 0 aromatic heterocycles. The number of hydrogen-bond donors (Lipinski definition) is 2. The van der Waals surface area contributed by atoms with E-state index in [1.54, 1.807) is 13.0 Å². The third kappa shape index (κ3) is 2.77. The normalized spacial score (nSPS) is 9.88. The smallest absolute Gasteiger partial charge is 0.282 e. The summed E-state index contributed by atoms with van der Waals surface area (Å²) in [5.41, 5.74) is 0.541. The number of aliphatic hydroxyl groups excluding tert-OH is 1. The Morgan fingerprint density at radius 2 is 2.25 bits per heavy atom. The van der Waals surface area contributed by atoms with E-state index < -0.39 is 10.8 Å². The minimum absolute atomic E-state index is 0.0125. The SMILES string of the molecule is Cc1ccc([N+](=O)[O-])c(C(=O)NCCO)c1. The molecule has 0 heterocycles. The number of aryl methyl sites for hydroxylation is 1. The highest BCUT2D eigenvalue weighted by Gasteiger charge is 2.19. The first kappa shape index (κ1) is 12.1. The Morgan fingerprint density at radius 1 is 1.56 bits per heavy atom. The van der Waals surface area contributed by atoms with Gasteiger partial charge in [0.25, 0.3) is 11.6 Å². The Hall–Kier alpha value is -1.95. The predicted octanol–water partition coefficient (Wildman–Crippen LogP) is 0.625. The molecule has 0 bridgehead atoms. The number of hydrogen-bond acceptors (Lipinski definition) is 4. The second kappa shape index (κ2) is 5.22. The summed E-state index contributed by atoms with van der Waals surface area (Å²) < 4.78 is 0. The van der Waals surface area contributed by atoms with E-state index in [4.69, 9.17) is 5.11 Å². The summed E-state index contributed by atoms with van der Waals surface area (Å²) in [6.45, 7) is 1.61. The van der Waals surface area contributed by atoms with Crippen LogP contribution in [0.2, 0.25) is 0 Å². The summed E-state index contributed by atoms with van der Waals surface area (Å²) in [5, 5.41) is 21.6. The molecule has 6 nitrogen and oxygen atoms in total. The summed E-state index contributed by atoms with van der Waals surface area (Å²) in [5.74, 6) is -0.551. The van der Waals surface area contributed by atoms with Crippen LogP contribution < -0.4 is 5.32 Å². The molecule has 0 fully saturated rings. The summed E-state index contributed by atoms with van der Waals surface area (Å²) in [6, 6.07) is 4.31. The lowest BCUT2D eigenvalue weighted by Crippen LogP contribution is -2.27. The van der Waals surface area contributed by atoms with Gasteiger partial charge in [-0.3, -0.25) is 14.9 Å². The van der Waals surface area contributed by atoms with Gasteiger partial charge in [-0.15, -0.1) is 0 Å². The average molecular weight is 224 g/mol. The van der Waals surface area contributed by atoms with Gasteiger partial charge in [0, 0.05) is 12.6 Å². The molecule has 0 aliphatic rings. The lowest BCUT2D eigenvalue weighted by Gasteiger charge is -2.04. The maximum absolute atomic E-state index is 11.6. The number of nitrogens with zero attached hydrogens (tertiary/aromatic N) is 1. The first-order valence-electron chi connectivity index (χ1n) is 4.70. The van der Waals surface area contributed by atoms with Crippen molar-refractivity contribution in [3.05, 3.63) is 39.4 Å². The minimum Gasteiger partial charge on any atom is -0.395 e. The Bertz CT molecular complexity index is 417. The summed E-state index contributed by atoms with van der Waals surface area (Å²) in [7, 11) is 0. The highest BCUT2D eigenvalue weighted by atomic mass is 16.6. The number of nitro benzene ring substituents is 1. The van der Waals surface area contributed by atoms with Crippen LogP contribution >= 0.6 is 0 Å². The van der Waals surface area contributed by atoms with E-state index >= 15 is 0 Å². The molecule has 0 aliphatic heterocycles. The zero-order valence-electron chi connectivity index (χ0n) is 8.77. The molecule has 1 amide bonds. The highest BCUT2D eigenvalue weighted by Crippen LogP contribution is 2.19. The quantitative estimate of drug-likeness (QED) is 0.579.